The molecule has 4 N–H and O–H groups in total. The Hall–Kier alpha value is -1.66. The Morgan fingerprint density at radius 1 is 1.11 bits per heavy atom. The van der Waals surface area contributed by atoms with Crippen LogP contribution in [0, 0.1) is 11.8 Å². The minimum Gasteiger partial charge on any atom is -0.348 e. The molecule has 0 aromatic rings. The fourth-order valence-electron chi connectivity index (χ4n) is 3.05. The van der Waals surface area contributed by atoms with Crippen molar-refractivity contribution in [2.75, 3.05) is 6.54 Å². The van der Waals surface area contributed by atoms with Crippen LogP contribution in [0.3, 0.4) is 0 Å². The summed E-state index contributed by atoms with van der Waals surface area (Å²) in [5.41, 5.74) is 0. The highest BCUT2D eigenvalue weighted by Gasteiger charge is 2.27. The molecule has 28 heavy (non-hydrogen) atoms. The van der Waals surface area contributed by atoms with Gasteiger partial charge in [-0.2, -0.15) is 0 Å². The van der Waals surface area contributed by atoms with Gasteiger partial charge < -0.3 is 21.3 Å². The zero-order valence-electron chi connectivity index (χ0n) is 18.6. The molecule has 6 heteroatoms. The van der Waals surface area contributed by atoms with Crippen LogP contribution in [0.2, 0.25) is 0 Å². The maximum absolute atomic E-state index is 12.9. The van der Waals surface area contributed by atoms with Crippen molar-refractivity contribution in [1.82, 2.24) is 21.3 Å². The van der Waals surface area contributed by atoms with Crippen molar-refractivity contribution in [2.45, 2.75) is 85.1 Å². The van der Waals surface area contributed by atoms with E-state index in [-0.39, 0.29) is 47.8 Å². The van der Waals surface area contributed by atoms with Gasteiger partial charge >= 0.3 is 0 Å². The summed E-state index contributed by atoms with van der Waals surface area (Å²) < 4.78 is 0. The summed E-state index contributed by atoms with van der Waals surface area (Å²) in [6.45, 7) is 15.1. The molecule has 0 aliphatic carbocycles. The van der Waals surface area contributed by atoms with Gasteiger partial charge in [0.15, 0.2) is 0 Å². The SMILES string of the molecule is CC(C)N[C@H](C(=O)N[C@H]1/C=C/CCNC(C)/C=C/[C@H](C(C)C)NC1=O)C(C)C. The second-order valence-corrected chi connectivity index (χ2v) is 8.65. The minimum absolute atomic E-state index is 0.0846. The van der Waals surface area contributed by atoms with E-state index in [4.69, 9.17) is 0 Å². The molecule has 1 aliphatic heterocycles. The summed E-state index contributed by atoms with van der Waals surface area (Å²) in [7, 11) is 0. The van der Waals surface area contributed by atoms with Crippen molar-refractivity contribution in [3.63, 3.8) is 0 Å². The van der Waals surface area contributed by atoms with E-state index in [0.29, 0.717) is 0 Å². The van der Waals surface area contributed by atoms with Gasteiger partial charge in [0.1, 0.15) is 6.04 Å². The third-order valence-corrected chi connectivity index (χ3v) is 4.78. The Kier molecular flexibility index (Phi) is 10.5. The number of carbonyl (C=O) groups excluding carboxylic acids is 2. The Morgan fingerprint density at radius 3 is 2.36 bits per heavy atom. The summed E-state index contributed by atoms with van der Waals surface area (Å²) in [6, 6.07) is -0.684. The lowest BCUT2D eigenvalue weighted by molar-refractivity contribution is -0.130. The van der Waals surface area contributed by atoms with Gasteiger partial charge in [-0.05, 0) is 31.7 Å². The van der Waals surface area contributed by atoms with Gasteiger partial charge in [0.2, 0.25) is 11.8 Å². The number of amides is 2. The molecule has 0 bridgehead atoms. The van der Waals surface area contributed by atoms with E-state index >= 15 is 0 Å². The summed E-state index contributed by atoms with van der Waals surface area (Å²) in [5.74, 6) is 0.0459. The highest BCUT2D eigenvalue weighted by atomic mass is 16.2. The van der Waals surface area contributed by atoms with E-state index in [2.05, 4.69) is 48.1 Å². The van der Waals surface area contributed by atoms with Gasteiger partial charge in [0, 0.05) is 18.1 Å². The number of nitrogens with one attached hydrogen (secondary N) is 4. The molecule has 1 aliphatic rings. The number of hydrogen-bond acceptors (Lipinski definition) is 4. The van der Waals surface area contributed by atoms with Crippen molar-refractivity contribution >= 4 is 11.8 Å². The minimum atomic E-state index is -0.686. The normalized spacial score (nSPS) is 27.6. The van der Waals surface area contributed by atoms with Crippen LogP contribution >= 0.6 is 0 Å². The van der Waals surface area contributed by atoms with Gasteiger partial charge in [0.05, 0.1) is 6.04 Å². The molecule has 1 unspecified atom stereocenters. The number of hydrogen-bond donors (Lipinski definition) is 4. The van der Waals surface area contributed by atoms with E-state index in [1.54, 1.807) is 6.08 Å². The molecule has 0 aromatic carbocycles. The molecule has 0 fully saturated rings. The average molecular weight is 393 g/mol. The van der Waals surface area contributed by atoms with Crippen molar-refractivity contribution in [2.24, 2.45) is 11.8 Å². The number of rotatable bonds is 6. The van der Waals surface area contributed by atoms with Crippen molar-refractivity contribution < 1.29 is 9.59 Å². The molecule has 0 saturated heterocycles. The predicted octanol–water partition coefficient (Wildman–Crippen LogP) is 2.13. The monoisotopic (exact) mass is 392 g/mol. The summed E-state index contributed by atoms with van der Waals surface area (Å²) in [6.07, 6.45) is 8.69. The van der Waals surface area contributed by atoms with Crippen LogP contribution in [-0.2, 0) is 9.59 Å². The van der Waals surface area contributed by atoms with E-state index in [1.165, 1.54) is 0 Å². The van der Waals surface area contributed by atoms with Gasteiger partial charge in [-0.25, -0.2) is 0 Å². The first-order valence-electron chi connectivity index (χ1n) is 10.6. The third-order valence-electron chi connectivity index (χ3n) is 4.78. The van der Waals surface area contributed by atoms with Crippen LogP contribution in [-0.4, -0.2) is 48.6 Å². The maximum Gasteiger partial charge on any atom is 0.247 e. The van der Waals surface area contributed by atoms with Crippen LogP contribution in [0.5, 0.6) is 0 Å². The van der Waals surface area contributed by atoms with Crippen LogP contribution < -0.4 is 21.3 Å². The molecule has 0 saturated carbocycles. The van der Waals surface area contributed by atoms with E-state index in [0.717, 1.165) is 13.0 Å². The first-order chi connectivity index (χ1) is 13.1. The van der Waals surface area contributed by atoms with Crippen molar-refractivity contribution in [1.29, 1.82) is 0 Å². The Bertz CT molecular complexity index is 555. The highest BCUT2D eigenvalue weighted by molar-refractivity contribution is 5.91. The summed E-state index contributed by atoms with van der Waals surface area (Å²) >= 11 is 0. The molecule has 2 amide bonds. The highest BCUT2D eigenvalue weighted by Crippen LogP contribution is 2.08. The molecule has 0 radical (unpaired) electrons. The predicted molar refractivity (Wildman–Crippen MR) is 116 cm³/mol. The average Bonchev–Trinajstić information content (AvgIpc) is 2.59. The van der Waals surface area contributed by atoms with Crippen molar-refractivity contribution in [3.8, 4) is 0 Å². The topological polar surface area (TPSA) is 82.3 Å². The zero-order chi connectivity index (χ0) is 21.3. The first kappa shape index (κ1) is 24.4. The fraction of sp³-hybridized carbons (Fsp3) is 0.727. The van der Waals surface area contributed by atoms with Gasteiger partial charge in [-0.3, -0.25) is 9.59 Å². The van der Waals surface area contributed by atoms with Gasteiger partial charge in [-0.1, -0.05) is 65.8 Å². The largest absolute Gasteiger partial charge is 0.348 e. The smallest absolute Gasteiger partial charge is 0.247 e. The van der Waals surface area contributed by atoms with Crippen LogP contribution in [0.1, 0.15) is 54.9 Å². The van der Waals surface area contributed by atoms with Gasteiger partial charge in [-0.15, -0.1) is 0 Å². The molecule has 1 rings (SSSR count). The molecule has 4 atom stereocenters. The number of carbonyl (C=O) groups is 2. The molecular weight excluding hydrogens is 352 g/mol. The van der Waals surface area contributed by atoms with E-state index in [1.807, 2.05) is 39.8 Å². The molecule has 0 spiro atoms. The summed E-state index contributed by atoms with van der Waals surface area (Å²) in [4.78, 5) is 25.8. The second-order valence-electron chi connectivity index (χ2n) is 8.65. The quantitative estimate of drug-likeness (QED) is 0.522. The lowest BCUT2D eigenvalue weighted by atomic mass is 10.0. The van der Waals surface area contributed by atoms with E-state index < -0.39 is 6.04 Å². The third kappa shape index (κ3) is 8.57. The molecule has 0 aromatic heterocycles. The fourth-order valence-corrected chi connectivity index (χ4v) is 3.05. The van der Waals surface area contributed by atoms with Gasteiger partial charge in [0.25, 0.3) is 0 Å². The zero-order valence-corrected chi connectivity index (χ0v) is 18.6. The standard InChI is InChI=1S/C22H40N4O2/c1-14(2)18-12-11-17(7)23-13-9-8-10-19(21(27)25-18)26-22(28)20(15(3)4)24-16(5)6/h8,10-12,14-20,23-24H,9,13H2,1-7H3,(H,25,27)(H,26,28)/b10-8+,12-11+/t17?,18-,19+,20+/m1/s1. The van der Waals surface area contributed by atoms with Crippen LogP contribution in [0.4, 0.5) is 0 Å². The Labute approximate surface area is 171 Å². The first-order valence-corrected chi connectivity index (χ1v) is 10.6. The molecule has 1 heterocycles. The molecule has 160 valence electrons. The van der Waals surface area contributed by atoms with Crippen molar-refractivity contribution in [3.05, 3.63) is 24.3 Å². The lowest BCUT2D eigenvalue weighted by Crippen LogP contribution is -2.56. The lowest BCUT2D eigenvalue weighted by Gasteiger charge is -2.27. The molecule has 6 nitrogen and oxygen atoms in total. The van der Waals surface area contributed by atoms with Crippen LogP contribution in [0.15, 0.2) is 24.3 Å². The Morgan fingerprint density at radius 2 is 1.79 bits per heavy atom. The summed E-state index contributed by atoms with van der Waals surface area (Å²) in [5, 5.41) is 12.7. The Balaban J connectivity index is 2.98. The second kappa shape index (κ2) is 12.0. The van der Waals surface area contributed by atoms with Crippen LogP contribution in [0.25, 0.3) is 0 Å². The maximum atomic E-state index is 12.9. The van der Waals surface area contributed by atoms with E-state index in [9.17, 15) is 9.59 Å². The molecular formula is C22H40N4O2.